The maximum atomic E-state index is 3.65. The Balaban J connectivity index is 2.03. The summed E-state index contributed by atoms with van der Waals surface area (Å²) in [6.07, 6.45) is 2.73. The van der Waals surface area contributed by atoms with Crippen molar-refractivity contribution in [2.45, 2.75) is 39.7 Å². The molecule has 1 aliphatic heterocycles. The van der Waals surface area contributed by atoms with Gasteiger partial charge < -0.3 is 5.32 Å². The van der Waals surface area contributed by atoms with Crippen LogP contribution in [0.4, 0.5) is 0 Å². The first-order valence-electron chi connectivity index (χ1n) is 8.16. The summed E-state index contributed by atoms with van der Waals surface area (Å²) >= 11 is 0. The monoisotopic (exact) mass is 274 g/mol. The molecule has 0 spiro atoms. The van der Waals surface area contributed by atoms with Crippen LogP contribution in [0.5, 0.6) is 0 Å². The Labute approximate surface area is 124 Å². The fourth-order valence-corrected chi connectivity index (χ4v) is 3.15. The number of benzene rings is 1. The topological polar surface area (TPSA) is 15.3 Å². The molecule has 1 aliphatic rings. The summed E-state index contributed by atoms with van der Waals surface area (Å²) in [6.45, 7) is 11.6. The molecule has 2 heteroatoms. The second-order valence-corrected chi connectivity index (χ2v) is 6.72. The zero-order chi connectivity index (χ0) is 14.4. The Morgan fingerprint density at radius 3 is 2.60 bits per heavy atom. The molecule has 112 valence electrons. The van der Waals surface area contributed by atoms with Crippen LogP contribution in [0.2, 0.25) is 0 Å². The summed E-state index contributed by atoms with van der Waals surface area (Å²) in [7, 11) is 0. The van der Waals surface area contributed by atoms with Crippen molar-refractivity contribution in [2.75, 3.05) is 26.2 Å². The standard InChI is InChI=1S/C18H30N2/c1-15(2)12-19-13-18(17-9-5-4-6-10-17)20-11-7-8-16(3)14-20/h4-6,9-10,15-16,18-19H,7-8,11-14H2,1-3H3. The van der Waals surface area contributed by atoms with Gasteiger partial charge in [-0.15, -0.1) is 0 Å². The normalized spacial score (nSPS) is 22.1. The van der Waals surface area contributed by atoms with E-state index < -0.39 is 0 Å². The van der Waals surface area contributed by atoms with E-state index in [1.165, 1.54) is 31.5 Å². The predicted molar refractivity (Wildman–Crippen MR) is 86.9 cm³/mol. The van der Waals surface area contributed by atoms with Crippen molar-refractivity contribution >= 4 is 0 Å². The molecule has 0 amide bonds. The summed E-state index contributed by atoms with van der Waals surface area (Å²) in [5, 5.41) is 3.65. The van der Waals surface area contributed by atoms with Gasteiger partial charge >= 0.3 is 0 Å². The van der Waals surface area contributed by atoms with Gasteiger partial charge in [0.25, 0.3) is 0 Å². The quantitative estimate of drug-likeness (QED) is 0.851. The molecule has 0 aromatic heterocycles. The van der Waals surface area contributed by atoms with Crippen LogP contribution in [0.1, 0.15) is 45.2 Å². The number of nitrogens with one attached hydrogen (secondary N) is 1. The van der Waals surface area contributed by atoms with Gasteiger partial charge in [0, 0.05) is 19.1 Å². The molecule has 1 N–H and O–H groups in total. The Kier molecular flexibility index (Phi) is 6.06. The minimum absolute atomic E-state index is 0.526. The van der Waals surface area contributed by atoms with Crippen molar-refractivity contribution < 1.29 is 0 Å². The number of rotatable bonds is 6. The molecular formula is C18H30N2. The minimum atomic E-state index is 0.526. The Morgan fingerprint density at radius 1 is 1.20 bits per heavy atom. The van der Waals surface area contributed by atoms with Crippen molar-refractivity contribution in [3.63, 3.8) is 0 Å². The van der Waals surface area contributed by atoms with Gasteiger partial charge in [-0.05, 0) is 43.3 Å². The van der Waals surface area contributed by atoms with E-state index in [0.717, 1.165) is 19.0 Å². The molecule has 0 saturated carbocycles. The van der Waals surface area contributed by atoms with Gasteiger partial charge in [0.05, 0.1) is 0 Å². The molecule has 0 bridgehead atoms. The van der Waals surface area contributed by atoms with E-state index in [-0.39, 0.29) is 0 Å². The second kappa shape index (κ2) is 7.80. The summed E-state index contributed by atoms with van der Waals surface area (Å²) in [6, 6.07) is 11.5. The number of nitrogens with zero attached hydrogens (tertiary/aromatic N) is 1. The SMILES string of the molecule is CC(C)CNCC(c1ccccc1)N1CCCC(C)C1. The van der Waals surface area contributed by atoms with Crippen LogP contribution in [-0.2, 0) is 0 Å². The van der Waals surface area contributed by atoms with Crippen molar-refractivity contribution in [3.05, 3.63) is 35.9 Å². The van der Waals surface area contributed by atoms with Crippen molar-refractivity contribution in [2.24, 2.45) is 11.8 Å². The molecule has 20 heavy (non-hydrogen) atoms. The van der Waals surface area contributed by atoms with Gasteiger partial charge in [0.2, 0.25) is 0 Å². The average molecular weight is 274 g/mol. The number of hydrogen-bond acceptors (Lipinski definition) is 2. The van der Waals surface area contributed by atoms with Gasteiger partial charge in [0.15, 0.2) is 0 Å². The Morgan fingerprint density at radius 2 is 1.95 bits per heavy atom. The summed E-state index contributed by atoms with van der Waals surface area (Å²) in [4.78, 5) is 2.68. The van der Waals surface area contributed by atoms with E-state index in [1.54, 1.807) is 0 Å². The lowest BCUT2D eigenvalue weighted by atomic mass is 9.96. The molecule has 1 aromatic rings. The van der Waals surface area contributed by atoms with Gasteiger partial charge in [-0.2, -0.15) is 0 Å². The molecule has 2 rings (SSSR count). The summed E-state index contributed by atoms with van der Waals surface area (Å²) in [5.74, 6) is 1.55. The Bertz CT molecular complexity index is 374. The molecule has 0 radical (unpaired) electrons. The number of hydrogen-bond donors (Lipinski definition) is 1. The highest BCUT2D eigenvalue weighted by atomic mass is 15.2. The van der Waals surface area contributed by atoms with E-state index in [0.29, 0.717) is 12.0 Å². The molecule has 1 heterocycles. The molecule has 2 unspecified atom stereocenters. The minimum Gasteiger partial charge on any atom is -0.315 e. The van der Waals surface area contributed by atoms with Gasteiger partial charge in [-0.25, -0.2) is 0 Å². The van der Waals surface area contributed by atoms with E-state index >= 15 is 0 Å². The van der Waals surface area contributed by atoms with Gasteiger partial charge in [-0.3, -0.25) is 4.90 Å². The molecule has 1 fully saturated rings. The van der Waals surface area contributed by atoms with Crippen LogP contribution in [0.3, 0.4) is 0 Å². The lowest BCUT2D eigenvalue weighted by Gasteiger charge is -2.38. The summed E-state index contributed by atoms with van der Waals surface area (Å²) in [5.41, 5.74) is 1.46. The van der Waals surface area contributed by atoms with E-state index in [4.69, 9.17) is 0 Å². The van der Waals surface area contributed by atoms with Crippen LogP contribution >= 0.6 is 0 Å². The van der Waals surface area contributed by atoms with Gasteiger partial charge in [0.1, 0.15) is 0 Å². The molecule has 2 nitrogen and oxygen atoms in total. The fraction of sp³-hybridized carbons (Fsp3) is 0.667. The number of likely N-dealkylation sites (tertiary alicyclic amines) is 1. The average Bonchev–Trinajstić information content (AvgIpc) is 2.44. The maximum absolute atomic E-state index is 3.65. The van der Waals surface area contributed by atoms with Crippen molar-refractivity contribution in [1.29, 1.82) is 0 Å². The first-order valence-corrected chi connectivity index (χ1v) is 8.16. The highest BCUT2D eigenvalue weighted by Crippen LogP contribution is 2.26. The Hall–Kier alpha value is -0.860. The van der Waals surface area contributed by atoms with Crippen molar-refractivity contribution in [1.82, 2.24) is 10.2 Å². The van der Waals surface area contributed by atoms with Crippen LogP contribution in [0.15, 0.2) is 30.3 Å². The van der Waals surface area contributed by atoms with E-state index in [9.17, 15) is 0 Å². The lowest BCUT2D eigenvalue weighted by Crippen LogP contribution is -2.42. The molecule has 1 aromatic carbocycles. The van der Waals surface area contributed by atoms with Crippen LogP contribution in [-0.4, -0.2) is 31.1 Å². The lowest BCUT2D eigenvalue weighted by molar-refractivity contribution is 0.127. The fourth-order valence-electron chi connectivity index (χ4n) is 3.15. The second-order valence-electron chi connectivity index (χ2n) is 6.72. The largest absolute Gasteiger partial charge is 0.315 e. The third-order valence-electron chi connectivity index (χ3n) is 4.20. The van der Waals surface area contributed by atoms with Crippen molar-refractivity contribution in [3.8, 4) is 0 Å². The van der Waals surface area contributed by atoms with Crippen LogP contribution < -0.4 is 5.32 Å². The predicted octanol–water partition coefficient (Wildman–Crippen LogP) is 3.71. The third kappa shape index (κ3) is 4.60. The van der Waals surface area contributed by atoms with Gasteiger partial charge in [-0.1, -0.05) is 51.1 Å². The number of piperidine rings is 1. The zero-order valence-corrected chi connectivity index (χ0v) is 13.3. The van der Waals surface area contributed by atoms with Crippen LogP contribution in [0.25, 0.3) is 0 Å². The first-order chi connectivity index (χ1) is 9.66. The van der Waals surface area contributed by atoms with E-state index in [1.807, 2.05) is 0 Å². The van der Waals surface area contributed by atoms with Crippen LogP contribution in [0, 0.1) is 11.8 Å². The highest BCUT2D eigenvalue weighted by Gasteiger charge is 2.24. The first kappa shape index (κ1) is 15.5. The molecule has 1 saturated heterocycles. The summed E-state index contributed by atoms with van der Waals surface area (Å²) < 4.78 is 0. The third-order valence-corrected chi connectivity index (χ3v) is 4.20. The van der Waals surface area contributed by atoms with E-state index in [2.05, 4.69) is 61.3 Å². The highest BCUT2D eigenvalue weighted by molar-refractivity contribution is 5.19. The molecule has 2 atom stereocenters. The maximum Gasteiger partial charge on any atom is 0.0472 e. The molecular weight excluding hydrogens is 244 g/mol. The zero-order valence-electron chi connectivity index (χ0n) is 13.3. The molecule has 0 aliphatic carbocycles. The smallest absolute Gasteiger partial charge is 0.0472 e.